The summed E-state index contributed by atoms with van der Waals surface area (Å²) in [5, 5.41) is 2.71. The molecular weight excluding hydrogens is 320 g/mol. The number of amides is 2. The van der Waals surface area contributed by atoms with E-state index in [1.807, 2.05) is 20.8 Å². The van der Waals surface area contributed by atoms with Crippen molar-refractivity contribution in [2.75, 3.05) is 18.6 Å². The fraction of sp³-hybridized carbons (Fsp3) is 0.368. The van der Waals surface area contributed by atoms with Crippen molar-refractivity contribution in [3.05, 3.63) is 48.4 Å². The van der Waals surface area contributed by atoms with Crippen molar-refractivity contribution >= 4 is 17.5 Å². The zero-order valence-electron chi connectivity index (χ0n) is 15.0. The van der Waals surface area contributed by atoms with E-state index in [1.165, 1.54) is 0 Å². The molecule has 1 aromatic heterocycles. The van der Waals surface area contributed by atoms with Crippen LogP contribution in [0.1, 0.15) is 26.5 Å². The molecule has 6 heteroatoms. The second kappa shape index (κ2) is 7.88. The van der Waals surface area contributed by atoms with Crippen molar-refractivity contribution in [3.8, 4) is 5.75 Å². The van der Waals surface area contributed by atoms with E-state index in [0.717, 1.165) is 5.69 Å². The number of rotatable bonds is 6. The summed E-state index contributed by atoms with van der Waals surface area (Å²) < 4.78 is 10.6. The summed E-state index contributed by atoms with van der Waals surface area (Å²) in [6, 6.07) is 10.6. The lowest BCUT2D eigenvalue weighted by atomic mass is 9.95. The van der Waals surface area contributed by atoms with Crippen molar-refractivity contribution < 1.29 is 18.7 Å². The van der Waals surface area contributed by atoms with Gasteiger partial charge in [-0.3, -0.25) is 9.59 Å². The highest BCUT2D eigenvalue weighted by Crippen LogP contribution is 2.23. The maximum Gasteiger partial charge on any atom is 0.258 e. The third-order valence-corrected chi connectivity index (χ3v) is 3.58. The predicted molar refractivity (Wildman–Crippen MR) is 95.4 cm³/mol. The van der Waals surface area contributed by atoms with Gasteiger partial charge in [0.15, 0.2) is 6.61 Å². The molecule has 0 spiro atoms. The first-order valence-corrected chi connectivity index (χ1v) is 8.07. The quantitative estimate of drug-likeness (QED) is 0.874. The second-order valence-electron chi connectivity index (χ2n) is 6.75. The first kappa shape index (κ1) is 18.6. The molecule has 0 saturated heterocycles. The molecule has 0 unspecified atom stereocenters. The Kier molecular flexibility index (Phi) is 5.85. The maximum absolute atomic E-state index is 12.3. The molecule has 1 N–H and O–H groups in total. The monoisotopic (exact) mass is 344 g/mol. The van der Waals surface area contributed by atoms with E-state index in [1.54, 1.807) is 54.6 Å². The first-order chi connectivity index (χ1) is 11.8. The van der Waals surface area contributed by atoms with Crippen LogP contribution in [0.3, 0.4) is 0 Å². The van der Waals surface area contributed by atoms with Crippen molar-refractivity contribution in [2.24, 2.45) is 5.41 Å². The van der Waals surface area contributed by atoms with Crippen LogP contribution in [0.15, 0.2) is 47.1 Å². The van der Waals surface area contributed by atoms with Gasteiger partial charge >= 0.3 is 0 Å². The van der Waals surface area contributed by atoms with Gasteiger partial charge in [-0.2, -0.15) is 0 Å². The summed E-state index contributed by atoms with van der Waals surface area (Å²) in [7, 11) is 1.74. The SMILES string of the molecule is CN(C(=O)C(C)(C)C)c1ccc(OCC(=O)NCc2ccco2)cc1. The van der Waals surface area contributed by atoms with Gasteiger partial charge in [-0.05, 0) is 36.4 Å². The lowest BCUT2D eigenvalue weighted by molar-refractivity contribution is -0.125. The Morgan fingerprint density at radius 3 is 2.40 bits per heavy atom. The van der Waals surface area contributed by atoms with Crippen molar-refractivity contribution in [1.29, 1.82) is 0 Å². The van der Waals surface area contributed by atoms with Crippen LogP contribution in [0.4, 0.5) is 5.69 Å². The molecule has 6 nitrogen and oxygen atoms in total. The molecule has 2 rings (SSSR count). The fourth-order valence-electron chi connectivity index (χ4n) is 2.19. The standard InChI is InChI=1S/C19H24N2O4/c1-19(2,3)18(23)21(4)14-7-9-15(10-8-14)25-13-17(22)20-12-16-6-5-11-24-16/h5-11H,12-13H2,1-4H3,(H,20,22). The van der Waals surface area contributed by atoms with E-state index >= 15 is 0 Å². The van der Waals surface area contributed by atoms with Gasteiger partial charge in [0.25, 0.3) is 5.91 Å². The Hall–Kier alpha value is -2.76. The Balaban J connectivity index is 1.83. The zero-order valence-corrected chi connectivity index (χ0v) is 15.0. The fourth-order valence-corrected chi connectivity index (χ4v) is 2.19. The van der Waals surface area contributed by atoms with E-state index < -0.39 is 5.41 Å². The number of nitrogens with zero attached hydrogens (tertiary/aromatic N) is 1. The van der Waals surface area contributed by atoms with Gasteiger partial charge in [-0.25, -0.2) is 0 Å². The van der Waals surface area contributed by atoms with E-state index in [9.17, 15) is 9.59 Å². The van der Waals surface area contributed by atoms with E-state index in [2.05, 4.69) is 5.32 Å². The maximum atomic E-state index is 12.3. The number of carbonyl (C=O) groups is 2. The molecular formula is C19H24N2O4. The minimum absolute atomic E-state index is 0.0264. The number of nitrogens with one attached hydrogen (secondary N) is 1. The van der Waals surface area contributed by atoms with Gasteiger partial charge in [0.2, 0.25) is 5.91 Å². The first-order valence-electron chi connectivity index (χ1n) is 8.07. The molecule has 0 aliphatic heterocycles. The Bertz CT molecular complexity index is 700. The Morgan fingerprint density at radius 2 is 1.84 bits per heavy atom. The van der Waals surface area contributed by atoms with Crippen molar-refractivity contribution in [3.63, 3.8) is 0 Å². The normalized spacial score (nSPS) is 11.0. The zero-order chi connectivity index (χ0) is 18.4. The average molecular weight is 344 g/mol. The van der Waals surface area contributed by atoms with Crippen LogP contribution < -0.4 is 15.0 Å². The lowest BCUT2D eigenvalue weighted by Crippen LogP contribution is -2.36. The molecule has 1 heterocycles. The lowest BCUT2D eigenvalue weighted by Gasteiger charge is -2.26. The van der Waals surface area contributed by atoms with E-state index in [4.69, 9.17) is 9.15 Å². The molecule has 2 amide bonds. The second-order valence-corrected chi connectivity index (χ2v) is 6.75. The van der Waals surface area contributed by atoms with Gasteiger partial charge in [0.05, 0.1) is 12.8 Å². The van der Waals surface area contributed by atoms with Gasteiger partial charge in [0, 0.05) is 18.2 Å². The van der Waals surface area contributed by atoms with Crippen LogP contribution in [0.2, 0.25) is 0 Å². The number of furan rings is 1. The van der Waals surface area contributed by atoms with E-state index in [-0.39, 0.29) is 18.4 Å². The van der Waals surface area contributed by atoms with Gasteiger partial charge in [-0.15, -0.1) is 0 Å². The molecule has 25 heavy (non-hydrogen) atoms. The van der Waals surface area contributed by atoms with Crippen LogP contribution in [0.25, 0.3) is 0 Å². The molecule has 1 aromatic carbocycles. The molecule has 0 saturated carbocycles. The predicted octanol–water partition coefficient (Wildman–Crippen LogP) is 2.98. The molecule has 0 bridgehead atoms. The molecule has 0 radical (unpaired) electrons. The molecule has 0 aliphatic carbocycles. The Labute approximate surface area is 147 Å². The largest absolute Gasteiger partial charge is 0.484 e. The molecule has 0 fully saturated rings. The summed E-state index contributed by atoms with van der Waals surface area (Å²) in [4.78, 5) is 25.6. The Morgan fingerprint density at radius 1 is 1.16 bits per heavy atom. The van der Waals surface area contributed by atoms with Gasteiger partial charge in [0.1, 0.15) is 11.5 Å². The van der Waals surface area contributed by atoms with Crippen LogP contribution in [0.5, 0.6) is 5.75 Å². The van der Waals surface area contributed by atoms with Crippen molar-refractivity contribution in [2.45, 2.75) is 27.3 Å². The highest BCUT2D eigenvalue weighted by Gasteiger charge is 2.25. The molecule has 134 valence electrons. The van der Waals surface area contributed by atoms with Crippen molar-refractivity contribution in [1.82, 2.24) is 5.32 Å². The number of hydrogen-bond donors (Lipinski definition) is 1. The van der Waals surface area contributed by atoms with Crippen LogP contribution >= 0.6 is 0 Å². The molecule has 0 aliphatic rings. The summed E-state index contributed by atoms with van der Waals surface area (Å²) in [5.41, 5.74) is 0.324. The highest BCUT2D eigenvalue weighted by molar-refractivity contribution is 5.96. The van der Waals surface area contributed by atoms with E-state index in [0.29, 0.717) is 18.1 Å². The van der Waals surface area contributed by atoms with Gasteiger partial charge < -0.3 is 19.4 Å². The minimum atomic E-state index is -0.448. The topological polar surface area (TPSA) is 71.8 Å². The number of ether oxygens (including phenoxy) is 1. The summed E-state index contributed by atoms with van der Waals surface area (Å²) >= 11 is 0. The minimum Gasteiger partial charge on any atom is -0.484 e. The average Bonchev–Trinajstić information content (AvgIpc) is 3.10. The van der Waals surface area contributed by atoms with Gasteiger partial charge in [-0.1, -0.05) is 20.8 Å². The number of anilines is 1. The highest BCUT2D eigenvalue weighted by atomic mass is 16.5. The molecule has 0 atom stereocenters. The number of hydrogen-bond acceptors (Lipinski definition) is 4. The van der Waals surface area contributed by atoms with Crippen LogP contribution in [0, 0.1) is 5.41 Å². The summed E-state index contributed by atoms with van der Waals surface area (Å²) in [5.74, 6) is 1.04. The number of carbonyl (C=O) groups excluding carboxylic acids is 2. The van der Waals surface area contributed by atoms with Crippen LogP contribution in [-0.4, -0.2) is 25.5 Å². The number of benzene rings is 1. The van der Waals surface area contributed by atoms with Crippen LogP contribution in [-0.2, 0) is 16.1 Å². The third-order valence-electron chi connectivity index (χ3n) is 3.58. The molecule has 2 aromatic rings. The smallest absolute Gasteiger partial charge is 0.258 e. The summed E-state index contributed by atoms with van der Waals surface area (Å²) in [6.45, 7) is 5.88. The summed E-state index contributed by atoms with van der Waals surface area (Å²) in [6.07, 6.45) is 1.56. The third kappa shape index (κ3) is 5.38.